The van der Waals surface area contributed by atoms with Gasteiger partial charge in [-0.2, -0.15) is 0 Å². The molecule has 0 fully saturated rings. The van der Waals surface area contributed by atoms with Gasteiger partial charge in [-0.15, -0.1) is 0 Å². The fraction of sp³-hybridized carbons (Fsp3) is 0.300. The van der Waals surface area contributed by atoms with Gasteiger partial charge in [0.15, 0.2) is 0 Å². The van der Waals surface area contributed by atoms with E-state index in [1.54, 1.807) is 0 Å². The van der Waals surface area contributed by atoms with Crippen LogP contribution in [0.3, 0.4) is 0 Å². The van der Waals surface area contributed by atoms with E-state index in [1.165, 1.54) is 7.11 Å². The average molecular weight is 179 g/mol. The number of hydrogen-bond donors (Lipinski definition) is 1. The van der Waals surface area contributed by atoms with Crippen molar-refractivity contribution in [3.05, 3.63) is 36.1 Å². The Morgan fingerprint density at radius 3 is 3.00 bits per heavy atom. The number of amides is 1. The summed E-state index contributed by atoms with van der Waals surface area (Å²) in [5.74, 6) is 0.396. The standard InChI is InChI=1S/C10H13NO2/c1-8-4-3-5-9(7-6-8)11-10(12)13-2/h3-8H,1-2H3,(H,11,12). The summed E-state index contributed by atoms with van der Waals surface area (Å²) in [6.45, 7) is 2.07. The molecule has 0 saturated carbocycles. The number of hydrogen-bond acceptors (Lipinski definition) is 2. The van der Waals surface area contributed by atoms with E-state index in [4.69, 9.17) is 0 Å². The first-order chi connectivity index (χ1) is 6.22. The summed E-state index contributed by atoms with van der Waals surface area (Å²) >= 11 is 0. The van der Waals surface area contributed by atoms with Crippen molar-refractivity contribution < 1.29 is 9.53 Å². The van der Waals surface area contributed by atoms with E-state index < -0.39 is 6.09 Å². The molecule has 1 amide bonds. The molecule has 0 saturated heterocycles. The molecule has 1 atom stereocenters. The van der Waals surface area contributed by atoms with Crippen molar-refractivity contribution in [3.63, 3.8) is 0 Å². The molecule has 0 radical (unpaired) electrons. The van der Waals surface area contributed by atoms with Crippen LogP contribution in [0.4, 0.5) is 4.79 Å². The van der Waals surface area contributed by atoms with Crippen LogP contribution in [0, 0.1) is 5.92 Å². The van der Waals surface area contributed by atoms with E-state index in [0.717, 1.165) is 5.70 Å². The van der Waals surface area contributed by atoms with Crippen LogP contribution in [0.1, 0.15) is 6.92 Å². The Bertz CT molecular complexity index is 277. The first-order valence-corrected chi connectivity index (χ1v) is 4.14. The molecule has 1 N–H and O–H groups in total. The van der Waals surface area contributed by atoms with Crippen molar-refractivity contribution in [2.75, 3.05) is 7.11 Å². The Kier molecular flexibility index (Phi) is 3.31. The van der Waals surface area contributed by atoms with E-state index >= 15 is 0 Å². The van der Waals surface area contributed by atoms with Gasteiger partial charge in [0.2, 0.25) is 0 Å². The molecule has 0 aliphatic heterocycles. The minimum absolute atomic E-state index is 0.396. The molecule has 3 nitrogen and oxygen atoms in total. The quantitative estimate of drug-likeness (QED) is 0.668. The molecule has 13 heavy (non-hydrogen) atoms. The highest BCUT2D eigenvalue weighted by atomic mass is 16.5. The molecular formula is C10H13NO2. The maximum Gasteiger partial charge on any atom is 0.411 e. The van der Waals surface area contributed by atoms with Crippen LogP contribution < -0.4 is 5.32 Å². The highest BCUT2D eigenvalue weighted by Crippen LogP contribution is 2.07. The molecule has 1 unspecified atom stereocenters. The predicted octanol–water partition coefficient (Wildman–Crippen LogP) is 1.99. The maximum absolute atomic E-state index is 10.8. The number of rotatable bonds is 1. The normalized spacial score (nSPS) is 20.5. The van der Waals surface area contributed by atoms with Gasteiger partial charge in [0.1, 0.15) is 0 Å². The summed E-state index contributed by atoms with van der Waals surface area (Å²) < 4.78 is 4.47. The second-order valence-corrected chi connectivity index (χ2v) is 2.84. The topological polar surface area (TPSA) is 38.3 Å². The van der Waals surface area contributed by atoms with E-state index in [1.807, 2.05) is 30.4 Å². The van der Waals surface area contributed by atoms with E-state index in [0.29, 0.717) is 5.92 Å². The highest BCUT2D eigenvalue weighted by Gasteiger charge is 2.01. The number of ether oxygens (including phenoxy) is 1. The Hall–Kier alpha value is -1.51. The summed E-state index contributed by atoms with van der Waals surface area (Å²) in [6.07, 6.45) is 9.21. The van der Waals surface area contributed by atoms with E-state index in [-0.39, 0.29) is 0 Å². The molecule has 0 spiro atoms. The molecule has 0 aromatic heterocycles. The van der Waals surface area contributed by atoms with Gasteiger partial charge in [0, 0.05) is 5.70 Å². The summed E-state index contributed by atoms with van der Waals surface area (Å²) in [5.41, 5.74) is 0.743. The molecule has 1 aliphatic rings. The third kappa shape index (κ3) is 3.15. The molecule has 3 heteroatoms. The summed E-state index contributed by atoms with van der Waals surface area (Å²) in [4.78, 5) is 10.8. The zero-order valence-electron chi connectivity index (χ0n) is 7.78. The molecule has 0 aromatic rings. The lowest BCUT2D eigenvalue weighted by Crippen LogP contribution is -2.21. The van der Waals surface area contributed by atoms with Gasteiger partial charge in [0.05, 0.1) is 7.11 Å². The Morgan fingerprint density at radius 1 is 1.54 bits per heavy atom. The van der Waals surface area contributed by atoms with Gasteiger partial charge >= 0.3 is 6.09 Å². The number of nitrogens with one attached hydrogen (secondary N) is 1. The predicted molar refractivity (Wildman–Crippen MR) is 51.1 cm³/mol. The van der Waals surface area contributed by atoms with Gasteiger partial charge in [0.25, 0.3) is 0 Å². The van der Waals surface area contributed by atoms with Gasteiger partial charge < -0.3 is 4.74 Å². The van der Waals surface area contributed by atoms with Crippen molar-refractivity contribution in [2.24, 2.45) is 5.92 Å². The van der Waals surface area contributed by atoms with Crippen LogP contribution in [-0.2, 0) is 4.74 Å². The molecule has 1 rings (SSSR count). The molecule has 0 bridgehead atoms. The third-order valence-corrected chi connectivity index (χ3v) is 1.70. The van der Waals surface area contributed by atoms with Gasteiger partial charge in [-0.3, -0.25) is 5.32 Å². The van der Waals surface area contributed by atoms with Crippen molar-refractivity contribution >= 4 is 6.09 Å². The summed E-state index contributed by atoms with van der Waals surface area (Å²) in [5, 5.41) is 2.59. The van der Waals surface area contributed by atoms with Crippen LogP contribution >= 0.6 is 0 Å². The van der Waals surface area contributed by atoms with Gasteiger partial charge in [-0.25, -0.2) is 4.79 Å². The van der Waals surface area contributed by atoms with Crippen LogP contribution in [0.25, 0.3) is 0 Å². The third-order valence-electron chi connectivity index (χ3n) is 1.70. The zero-order valence-corrected chi connectivity index (χ0v) is 7.78. The van der Waals surface area contributed by atoms with Crippen LogP contribution in [0.2, 0.25) is 0 Å². The fourth-order valence-electron chi connectivity index (χ4n) is 0.962. The lowest BCUT2D eigenvalue weighted by atomic mass is 10.2. The van der Waals surface area contributed by atoms with Crippen molar-refractivity contribution in [1.82, 2.24) is 5.32 Å². The summed E-state index contributed by atoms with van der Waals surface area (Å²) in [6, 6.07) is 0. The number of carbonyl (C=O) groups is 1. The maximum atomic E-state index is 10.8. The summed E-state index contributed by atoms with van der Waals surface area (Å²) in [7, 11) is 1.34. The SMILES string of the molecule is COC(=O)NC1=CC=CC(C)C=C1. The zero-order chi connectivity index (χ0) is 9.68. The first-order valence-electron chi connectivity index (χ1n) is 4.14. The average Bonchev–Trinajstić information content (AvgIpc) is 2.31. The molecule has 0 heterocycles. The van der Waals surface area contributed by atoms with E-state index in [9.17, 15) is 4.79 Å². The second kappa shape index (κ2) is 4.50. The van der Waals surface area contributed by atoms with Crippen LogP contribution in [-0.4, -0.2) is 13.2 Å². The Balaban J connectivity index is 2.61. The number of carbonyl (C=O) groups excluding carboxylic acids is 1. The molecule has 1 aliphatic carbocycles. The van der Waals surface area contributed by atoms with Gasteiger partial charge in [-0.1, -0.05) is 25.2 Å². The Morgan fingerprint density at radius 2 is 2.31 bits per heavy atom. The number of allylic oxidation sites excluding steroid dienone is 5. The Labute approximate surface area is 77.8 Å². The monoisotopic (exact) mass is 179 g/mol. The van der Waals surface area contributed by atoms with Crippen LogP contribution in [0.5, 0.6) is 0 Å². The van der Waals surface area contributed by atoms with Crippen molar-refractivity contribution in [1.29, 1.82) is 0 Å². The lowest BCUT2D eigenvalue weighted by Gasteiger charge is -2.02. The second-order valence-electron chi connectivity index (χ2n) is 2.84. The molecular weight excluding hydrogens is 166 g/mol. The highest BCUT2D eigenvalue weighted by molar-refractivity contribution is 5.70. The van der Waals surface area contributed by atoms with Crippen molar-refractivity contribution in [3.8, 4) is 0 Å². The number of methoxy groups -OCH3 is 1. The van der Waals surface area contributed by atoms with Crippen molar-refractivity contribution in [2.45, 2.75) is 6.92 Å². The first kappa shape index (κ1) is 9.58. The molecule has 70 valence electrons. The molecule has 0 aromatic carbocycles. The van der Waals surface area contributed by atoms with Crippen LogP contribution in [0.15, 0.2) is 36.1 Å². The van der Waals surface area contributed by atoms with E-state index in [2.05, 4.69) is 17.0 Å². The lowest BCUT2D eigenvalue weighted by molar-refractivity contribution is 0.174. The minimum atomic E-state index is -0.446. The fourth-order valence-corrected chi connectivity index (χ4v) is 0.962. The number of alkyl carbamates (subject to hydrolysis) is 1. The van der Waals surface area contributed by atoms with Gasteiger partial charge in [-0.05, 0) is 18.1 Å². The largest absolute Gasteiger partial charge is 0.453 e. The smallest absolute Gasteiger partial charge is 0.411 e. The minimum Gasteiger partial charge on any atom is -0.453 e.